The molecule has 70 valence electrons. The zero-order chi connectivity index (χ0) is 9.84. The van der Waals surface area contributed by atoms with Gasteiger partial charge in [-0.3, -0.25) is 4.79 Å². The summed E-state index contributed by atoms with van der Waals surface area (Å²) in [4.78, 5) is 15.0. The first-order chi connectivity index (χ1) is 6.09. The summed E-state index contributed by atoms with van der Waals surface area (Å²) in [6, 6.07) is 3.33. The molecule has 0 spiro atoms. The number of aromatic nitrogens is 1. The zero-order valence-corrected chi connectivity index (χ0v) is 8.07. The Morgan fingerprint density at radius 2 is 2.23 bits per heavy atom. The smallest absolute Gasteiger partial charge is 0.214 e. The maximum Gasteiger partial charge on any atom is 0.214 e. The lowest BCUT2D eigenvalue weighted by atomic mass is 10.2. The van der Waals surface area contributed by atoms with Crippen LogP contribution in [0.25, 0.3) is 0 Å². The maximum absolute atomic E-state index is 11.0. The fraction of sp³-hybridized carbons (Fsp3) is 0.400. The molecule has 0 radical (unpaired) electrons. The van der Waals surface area contributed by atoms with Crippen molar-refractivity contribution in [1.82, 2.24) is 4.98 Å². The monoisotopic (exact) mass is 179 g/mol. The second kappa shape index (κ2) is 4.03. The number of carbonyl (C=O) groups is 1. The lowest BCUT2D eigenvalue weighted by molar-refractivity contribution is 0.101. The molecule has 1 aromatic heterocycles. The van der Waals surface area contributed by atoms with E-state index in [2.05, 4.69) is 4.98 Å². The first-order valence-corrected chi connectivity index (χ1v) is 4.23. The van der Waals surface area contributed by atoms with Crippen LogP contribution in [0.15, 0.2) is 18.3 Å². The van der Waals surface area contributed by atoms with Crippen molar-refractivity contribution < 1.29 is 9.53 Å². The first kappa shape index (κ1) is 9.71. The van der Waals surface area contributed by atoms with Crippen molar-refractivity contribution in [2.75, 3.05) is 0 Å². The summed E-state index contributed by atoms with van der Waals surface area (Å²) in [7, 11) is 0. The highest BCUT2D eigenvalue weighted by atomic mass is 16.5. The fourth-order valence-corrected chi connectivity index (χ4v) is 0.934. The van der Waals surface area contributed by atoms with Crippen LogP contribution in [0.2, 0.25) is 0 Å². The number of pyridine rings is 1. The molecule has 0 unspecified atom stereocenters. The quantitative estimate of drug-likeness (QED) is 0.667. The van der Waals surface area contributed by atoms with Crippen LogP contribution in [0.3, 0.4) is 0 Å². The van der Waals surface area contributed by atoms with Gasteiger partial charge in [-0.05, 0) is 26.8 Å². The van der Waals surface area contributed by atoms with Crippen molar-refractivity contribution in [2.45, 2.75) is 26.9 Å². The second-order valence-corrected chi connectivity index (χ2v) is 3.11. The molecule has 0 aliphatic rings. The Balaban J connectivity index is 2.85. The van der Waals surface area contributed by atoms with Crippen molar-refractivity contribution in [3.8, 4) is 5.88 Å². The molecule has 0 N–H and O–H groups in total. The van der Waals surface area contributed by atoms with Crippen molar-refractivity contribution in [3.05, 3.63) is 23.9 Å². The van der Waals surface area contributed by atoms with Crippen LogP contribution in [-0.4, -0.2) is 16.9 Å². The van der Waals surface area contributed by atoms with E-state index in [0.717, 1.165) is 0 Å². The highest BCUT2D eigenvalue weighted by Gasteiger charge is 2.03. The van der Waals surface area contributed by atoms with E-state index in [9.17, 15) is 4.79 Å². The second-order valence-electron chi connectivity index (χ2n) is 3.11. The van der Waals surface area contributed by atoms with Crippen LogP contribution in [-0.2, 0) is 0 Å². The van der Waals surface area contributed by atoms with Crippen LogP contribution in [0.1, 0.15) is 31.1 Å². The fourth-order valence-electron chi connectivity index (χ4n) is 0.934. The van der Waals surface area contributed by atoms with Gasteiger partial charge in [0, 0.05) is 17.8 Å². The van der Waals surface area contributed by atoms with Gasteiger partial charge < -0.3 is 4.74 Å². The van der Waals surface area contributed by atoms with Gasteiger partial charge in [-0.25, -0.2) is 4.98 Å². The molecule has 3 nitrogen and oxygen atoms in total. The third-order valence-electron chi connectivity index (χ3n) is 1.50. The average molecular weight is 179 g/mol. The van der Waals surface area contributed by atoms with E-state index in [-0.39, 0.29) is 11.9 Å². The Morgan fingerprint density at radius 1 is 1.54 bits per heavy atom. The van der Waals surface area contributed by atoms with Gasteiger partial charge in [0.25, 0.3) is 0 Å². The lowest BCUT2D eigenvalue weighted by Gasteiger charge is -2.08. The Labute approximate surface area is 77.8 Å². The summed E-state index contributed by atoms with van der Waals surface area (Å²) in [6.07, 6.45) is 1.66. The first-order valence-electron chi connectivity index (χ1n) is 4.23. The van der Waals surface area contributed by atoms with Gasteiger partial charge in [0.05, 0.1) is 6.10 Å². The van der Waals surface area contributed by atoms with E-state index < -0.39 is 0 Å². The maximum atomic E-state index is 11.0. The van der Waals surface area contributed by atoms with Gasteiger partial charge in [-0.1, -0.05) is 0 Å². The number of hydrogen-bond acceptors (Lipinski definition) is 3. The predicted octanol–water partition coefficient (Wildman–Crippen LogP) is 2.07. The number of Topliss-reactive ketones (excluding diaryl/α,β-unsaturated/α-hetero) is 1. The minimum absolute atomic E-state index is 0.0241. The topological polar surface area (TPSA) is 39.2 Å². The van der Waals surface area contributed by atoms with E-state index in [0.29, 0.717) is 11.4 Å². The van der Waals surface area contributed by atoms with Gasteiger partial charge in [-0.2, -0.15) is 0 Å². The summed E-state index contributed by atoms with van der Waals surface area (Å²) < 4.78 is 5.34. The van der Waals surface area contributed by atoms with Gasteiger partial charge in [0.15, 0.2) is 5.78 Å². The van der Waals surface area contributed by atoms with Gasteiger partial charge >= 0.3 is 0 Å². The lowest BCUT2D eigenvalue weighted by Crippen LogP contribution is -2.07. The molecule has 1 rings (SSSR count). The van der Waals surface area contributed by atoms with Crippen molar-refractivity contribution in [1.29, 1.82) is 0 Å². The molecule has 0 saturated heterocycles. The number of nitrogens with zero attached hydrogens (tertiary/aromatic N) is 1. The van der Waals surface area contributed by atoms with Crippen molar-refractivity contribution in [3.63, 3.8) is 0 Å². The number of rotatable bonds is 3. The van der Waals surface area contributed by atoms with E-state index in [1.54, 1.807) is 18.3 Å². The average Bonchev–Trinajstić information content (AvgIpc) is 2.03. The van der Waals surface area contributed by atoms with Crippen molar-refractivity contribution in [2.24, 2.45) is 0 Å². The van der Waals surface area contributed by atoms with E-state index in [1.165, 1.54) is 6.92 Å². The number of ether oxygens (including phenoxy) is 1. The zero-order valence-electron chi connectivity index (χ0n) is 8.07. The van der Waals surface area contributed by atoms with Crippen LogP contribution in [0.5, 0.6) is 5.88 Å². The molecule has 0 aromatic carbocycles. The summed E-state index contributed by atoms with van der Waals surface area (Å²) in [5, 5.41) is 0. The third kappa shape index (κ3) is 2.86. The Hall–Kier alpha value is -1.38. The van der Waals surface area contributed by atoms with Crippen LogP contribution >= 0.6 is 0 Å². The molecule has 0 bridgehead atoms. The molecule has 13 heavy (non-hydrogen) atoms. The molecule has 0 amide bonds. The Bertz CT molecular complexity index is 308. The molecule has 1 heterocycles. The molecule has 3 heteroatoms. The molecule has 0 atom stereocenters. The number of hydrogen-bond donors (Lipinski definition) is 0. The van der Waals surface area contributed by atoms with E-state index in [1.807, 2.05) is 13.8 Å². The Morgan fingerprint density at radius 3 is 2.77 bits per heavy atom. The minimum atomic E-state index is 0.0241. The van der Waals surface area contributed by atoms with Crippen LogP contribution < -0.4 is 4.74 Å². The minimum Gasteiger partial charge on any atom is -0.475 e. The molecular formula is C10H13NO2. The number of ketones is 1. The SMILES string of the molecule is CC(=O)c1ccnc(OC(C)C)c1. The molecule has 0 fully saturated rings. The summed E-state index contributed by atoms with van der Waals surface area (Å²) in [6.45, 7) is 5.36. The van der Waals surface area contributed by atoms with Gasteiger partial charge in [-0.15, -0.1) is 0 Å². The third-order valence-corrected chi connectivity index (χ3v) is 1.50. The van der Waals surface area contributed by atoms with Crippen LogP contribution in [0, 0.1) is 0 Å². The largest absolute Gasteiger partial charge is 0.475 e. The Kier molecular flexibility index (Phi) is 3.01. The van der Waals surface area contributed by atoms with E-state index in [4.69, 9.17) is 4.74 Å². The van der Waals surface area contributed by atoms with E-state index >= 15 is 0 Å². The standard InChI is InChI=1S/C10H13NO2/c1-7(2)13-10-6-9(8(3)12)4-5-11-10/h4-7H,1-3H3. The molecular weight excluding hydrogens is 166 g/mol. The summed E-state index contributed by atoms with van der Waals surface area (Å²) in [5.41, 5.74) is 0.630. The molecule has 0 saturated carbocycles. The summed E-state index contributed by atoms with van der Waals surface area (Å²) in [5.74, 6) is 0.527. The molecule has 0 aliphatic carbocycles. The molecule has 1 aromatic rings. The highest BCUT2D eigenvalue weighted by Crippen LogP contribution is 2.11. The molecule has 0 aliphatic heterocycles. The summed E-state index contributed by atoms with van der Waals surface area (Å²) >= 11 is 0. The predicted molar refractivity (Wildman–Crippen MR) is 50.0 cm³/mol. The van der Waals surface area contributed by atoms with Gasteiger partial charge in [0.2, 0.25) is 5.88 Å². The van der Waals surface area contributed by atoms with Gasteiger partial charge in [0.1, 0.15) is 0 Å². The number of carbonyl (C=O) groups excluding carboxylic acids is 1. The van der Waals surface area contributed by atoms with Crippen LogP contribution in [0.4, 0.5) is 0 Å². The normalized spacial score (nSPS) is 10.2. The highest BCUT2D eigenvalue weighted by molar-refractivity contribution is 5.94. The van der Waals surface area contributed by atoms with Crippen molar-refractivity contribution >= 4 is 5.78 Å².